The lowest BCUT2D eigenvalue weighted by molar-refractivity contribution is 0.102. The fraction of sp³-hybridized carbons (Fsp3) is 0.211. The van der Waals surface area contributed by atoms with Crippen LogP contribution in [0.15, 0.2) is 54.6 Å². The van der Waals surface area contributed by atoms with Gasteiger partial charge in [-0.15, -0.1) is 0 Å². The molecule has 0 saturated heterocycles. The molecule has 0 aromatic heterocycles. The zero-order valence-corrected chi connectivity index (χ0v) is 14.0. The van der Waals surface area contributed by atoms with Crippen LogP contribution in [0.2, 0.25) is 0 Å². The molecule has 128 valence electrons. The van der Waals surface area contributed by atoms with Gasteiger partial charge in [0.25, 0.3) is 5.91 Å². The van der Waals surface area contributed by atoms with Gasteiger partial charge in [-0.3, -0.25) is 4.79 Å². The number of nitrogens with zero attached hydrogens (tertiary/aromatic N) is 1. The number of carbonyl (C=O) groups excluding carboxylic acids is 2. The van der Waals surface area contributed by atoms with E-state index in [2.05, 4.69) is 16.0 Å². The summed E-state index contributed by atoms with van der Waals surface area (Å²) in [7, 11) is 0. The third-order valence-electron chi connectivity index (χ3n) is 3.58. The van der Waals surface area contributed by atoms with E-state index < -0.39 is 0 Å². The maximum atomic E-state index is 12.2. The van der Waals surface area contributed by atoms with Gasteiger partial charge in [-0.25, -0.2) is 4.79 Å². The van der Waals surface area contributed by atoms with Crippen molar-refractivity contribution in [1.29, 1.82) is 5.26 Å². The summed E-state index contributed by atoms with van der Waals surface area (Å²) >= 11 is 0. The zero-order chi connectivity index (χ0) is 18.1. The molecule has 6 heteroatoms. The maximum Gasteiger partial charge on any atom is 0.319 e. The second kappa shape index (κ2) is 9.08. The molecule has 2 aromatic carbocycles. The van der Waals surface area contributed by atoms with E-state index in [0.717, 1.165) is 0 Å². The van der Waals surface area contributed by atoms with Crippen molar-refractivity contribution in [2.45, 2.75) is 25.8 Å². The van der Waals surface area contributed by atoms with Crippen molar-refractivity contribution in [3.63, 3.8) is 0 Å². The third kappa shape index (κ3) is 5.66. The molecule has 0 aliphatic carbocycles. The molecule has 3 amide bonds. The molecule has 0 aliphatic heterocycles. The average molecular weight is 336 g/mol. The first kappa shape index (κ1) is 18.0. The predicted molar refractivity (Wildman–Crippen MR) is 97.3 cm³/mol. The van der Waals surface area contributed by atoms with E-state index >= 15 is 0 Å². The van der Waals surface area contributed by atoms with Gasteiger partial charge in [-0.2, -0.15) is 5.26 Å². The van der Waals surface area contributed by atoms with Crippen LogP contribution in [0.4, 0.5) is 16.2 Å². The van der Waals surface area contributed by atoms with Gasteiger partial charge in [0.15, 0.2) is 0 Å². The zero-order valence-electron chi connectivity index (χ0n) is 14.0. The van der Waals surface area contributed by atoms with Crippen molar-refractivity contribution >= 4 is 23.3 Å². The Morgan fingerprint density at radius 2 is 1.72 bits per heavy atom. The number of nitriles is 1. The number of nitrogens with one attached hydrogen (secondary N) is 3. The Morgan fingerprint density at radius 1 is 1.04 bits per heavy atom. The lowest BCUT2D eigenvalue weighted by Gasteiger charge is -2.15. The summed E-state index contributed by atoms with van der Waals surface area (Å²) < 4.78 is 0. The van der Waals surface area contributed by atoms with Gasteiger partial charge >= 0.3 is 6.03 Å². The summed E-state index contributed by atoms with van der Waals surface area (Å²) in [6.45, 7) is 1.90. The first-order valence-corrected chi connectivity index (χ1v) is 8.03. The molecule has 1 unspecified atom stereocenters. The highest BCUT2D eigenvalue weighted by molar-refractivity contribution is 6.04. The summed E-state index contributed by atoms with van der Waals surface area (Å²) in [5.41, 5.74) is 1.69. The Kier molecular flexibility index (Phi) is 6.55. The van der Waals surface area contributed by atoms with Gasteiger partial charge in [0.05, 0.1) is 12.5 Å². The van der Waals surface area contributed by atoms with Crippen molar-refractivity contribution in [2.75, 3.05) is 10.6 Å². The Balaban J connectivity index is 1.98. The molecule has 3 N–H and O–H groups in total. The van der Waals surface area contributed by atoms with E-state index in [9.17, 15) is 9.59 Å². The van der Waals surface area contributed by atoms with Crippen LogP contribution >= 0.6 is 0 Å². The lowest BCUT2D eigenvalue weighted by atomic mass is 10.2. The Bertz CT molecular complexity index is 768. The molecule has 6 nitrogen and oxygen atoms in total. The molecule has 2 rings (SSSR count). The monoisotopic (exact) mass is 336 g/mol. The minimum Gasteiger partial charge on any atom is -0.334 e. The number of rotatable bonds is 6. The Labute approximate surface area is 146 Å². The molecule has 0 heterocycles. The summed E-state index contributed by atoms with van der Waals surface area (Å²) in [6.07, 6.45) is 0.936. The second-order valence-electron chi connectivity index (χ2n) is 5.47. The number of hydrogen-bond donors (Lipinski definition) is 3. The highest BCUT2D eigenvalue weighted by Gasteiger charge is 2.10. The normalized spacial score (nSPS) is 11.0. The van der Waals surface area contributed by atoms with Crippen LogP contribution in [0.1, 0.15) is 30.1 Å². The number of urea groups is 1. The summed E-state index contributed by atoms with van der Waals surface area (Å²) in [4.78, 5) is 24.2. The van der Waals surface area contributed by atoms with Gasteiger partial charge in [-0.1, -0.05) is 31.2 Å². The van der Waals surface area contributed by atoms with Crippen LogP contribution in [0.25, 0.3) is 0 Å². The largest absolute Gasteiger partial charge is 0.334 e. The quantitative estimate of drug-likeness (QED) is 0.750. The number of hydrogen-bond acceptors (Lipinski definition) is 3. The molecule has 0 saturated carbocycles. The van der Waals surface area contributed by atoms with Crippen LogP contribution in [-0.4, -0.2) is 18.0 Å². The van der Waals surface area contributed by atoms with E-state index in [1.54, 1.807) is 48.5 Å². The predicted octanol–water partition coefficient (Wildman–Crippen LogP) is 3.75. The van der Waals surface area contributed by atoms with Crippen molar-refractivity contribution in [3.8, 4) is 6.07 Å². The van der Waals surface area contributed by atoms with Crippen molar-refractivity contribution in [3.05, 3.63) is 60.2 Å². The standard InChI is InChI=1S/C19H20N4O2/c1-2-15(11-12-20)22-19(25)23-17-10-6-9-16(13-17)21-18(24)14-7-4-3-5-8-14/h3-10,13,15H,2,11H2,1H3,(H,21,24)(H2,22,23,25). The minimum atomic E-state index is -0.381. The van der Waals surface area contributed by atoms with Crippen LogP contribution in [-0.2, 0) is 0 Å². The van der Waals surface area contributed by atoms with E-state index in [1.807, 2.05) is 19.1 Å². The van der Waals surface area contributed by atoms with Gasteiger partial charge in [-0.05, 0) is 36.8 Å². The molecular weight excluding hydrogens is 316 g/mol. The van der Waals surface area contributed by atoms with Gasteiger partial charge < -0.3 is 16.0 Å². The van der Waals surface area contributed by atoms with Gasteiger partial charge in [0, 0.05) is 23.0 Å². The SMILES string of the molecule is CCC(CC#N)NC(=O)Nc1cccc(NC(=O)c2ccccc2)c1. The fourth-order valence-corrected chi connectivity index (χ4v) is 2.23. The fourth-order valence-electron chi connectivity index (χ4n) is 2.23. The van der Waals surface area contributed by atoms with Crippen molar-refractivity contribution in [2.24, 2.45) is 0 Å². The van der Waals surface area contributed by atoms with Crippen LogP contribution in [0.5, 0.6) is 0 Å². The topological polar surface area (TPSA) is 94.0 Å². The van der Waals surface area contributed by atoms with Gasteiger partial charge in [0.1, 0.15) is 0 Å². The van der Waals surface area contributed by atoms with E-state index in [-0.39, 0.29) is 24.4 Å². The Morgan fingerprint density at radius 3 is 2.36 bits per heavy atom. The number of carbonyl (C=O) groups is 2. The molecule has 25 heavy (non-hydrogen) atoms. The smallest absolute Gasteiger partial charge is 0.319 e. The first-order valence-electron chi connectivity index (χ1n) is 8.03. The summed E-state index contributed by atoms with van der Waals surface area (Å²) in [5.74, 6) is -0.220. The molecule has 0 spiro atoms. The third-order valence-corrected chi connectivity index (χ3v) is 3.58. The molecule has 2 aromatic rings. The molecule has 1 atom stereocenters. The molecular formula is C19H20N4O2. The van der Waals surface area contributed by atoms with E-state index in [1.165, 1.54) is 0 Å². The van der Waals surface area contributed by atoms with Gasteiger partial charge in [0.2, 0.25) is 0 Å². The lowest BCUT2D eigenvalue weighted by Crippen LogP contribution is -2.37. The summed E-state index contributed by atoms with van der Waals surface area (Å²) in [6, 6.07) is 17.2. The molecule has 0 fully saturated rings. The van der Waals surface area contributed by atoms with Crippen LogP contribution < -0.4 is 16.0 Å². The number of benzene rings is 2. The molecule has 0 bridgehead atoms. The molecule has 0 radical (unpaired) electrons. The number of amides is 3. The highest BCUT2D eigenvalue weighted by atomic mass is 16.2. The maximum absolute atomic E-state index is 12.2. The summed E-state index contributed by atoms with van der Waals surface area (Å²) in [5, 5.41) is 17.0. The average Bonchev–Trinajstić information content (AvgIpc) is 2.62. The number of anilines is 2. The second-order valence-corrected chi connectivity index (χ2v) is 5.47. The minimum absolute atomic E-state index is 0.189. The van der Waals surface area contributed by atoms with Crippen molar-refractivity contribution < 1.29 is 9.59 Å². The van der Waals surface area contributed by atoms with Crippen LogP contribution in [0, 0.1) is 11.3 Å². The van der Waals surface area contributed by atoms with E-state index in [4.69, 9.17) is 5.26 Å². The first-order chi connectivity index (χ1) is 12.1. The van der Waals surface area contributed by atoms with E-state index in [0.29, 0.717) is 23.4 Å². The Hall–Kier alpha value is -3.33. The molecule has 0 aliphatic rings. The highest BCUT2D eigenvalue weighted by Crippen LogP contribution is 2.16. The van der Waals surface area contributed by atoms with Crippen LogP contribution in [0.3, 0.4) is 0 Å². The van der Waals surface area contributed by atoms with Crippen molar-refractivity contribution in [1.82, 2.24) is 5.32 Å².